The minimum absolute atomic E-state index is 0.143. The Kier molecular flexibility index (Phi) is 4.42. The van der Waals surface area contributed by atoms with E-state index in [2.05, 4.69) is 0 Å². The molecule has 1 fully saturated rings. The van der Waals surface area contributed by atoms with Crippen molar-refractivity contribution in [1.82, 2.24) is 0 Å². The minimum atomic E-state index is -1.29. The molecule has 2 aromatic rings. The number of rotatable bonds is 4. The summed E-state index contributed by atoms with van der Waals surface area (Å²) < 4.78 is 17.3. The molecule has 0 bridgehead atoms. The summed E-state index contributed by atoms with van der Waals surface area (Å²) in [7, 11) is 0. The number of aryl methyl sites for hydroxylation is 1. The monoisotopic (exact) mass is 353 g/mol. The van der Waals surface area contributed by atoms with Gasteiger partial charge in [0.05, 0.1) is 32.1 Å². The van der Waals surface area contributed by atoms with Crippen LogP contribution in [0, 0.1) is 6.92 Å². The number of nitrogens with zero attached hydrogens (tertiary/aromatic N) is 1. The third-order valence-corrected chi connectivity index (χ3v) is 4.86. The van der Waals surface area contributed by atoms with Crippen LogP contribution in [0.15, 0.2) is 42.5 Å². The lowest BCUT2D eigenvalue weighted by Crippen LogP contribution is -2.47. The number of carbonyl (C=O) groups is 1. The smallest absolute Gasteiger partial charge is 0.292 e. The van der Waals surface area contributed by atoms with Crippen LogP contribution in [0.2, 0.25) is 0 Å². The molecule has 4 rings (SSSR count). The van der Waals surface area contributed by atoms with Crippen LogP contribution in [0.4, 0.5) is 5.69 Å². The predicted molar refractivity (Wildman–Crippen MR) is 98.2 cm³/mol. The average molecular weight is 353 g/mol. The van der Waals surface area contributed by atoms with Crippen molar-refractivity contribution in [3.05, 3.63) is 59.2 Å². The fraction of sp³-hybridized carbons (Fsp3) is 0.381. The maximum absolute atomic E-state index is 13.3. The van der Waals surface area contributed by atoms with Gasteiger partial charge in [-0.1, -0.05) is 30.3 Å². The van der Waals surface area contributed by atoms with Crippen molar-refractivity contribution >= 4 is 11.6 Å². The van der Waals surface area contributed by atoms with Gasteiger partial charge in [-0.3, -0.25) is 4.79 Å². The molecular weight excluding hydrogens is 330 g/mol. The van der Waals surface area contributed by atoms with Crippen molar-refractivity contribution in [3.63, 3.8) is 0 Å². The van der Waals surface area contributed by atoms with Crippen LogP contribution in [-0.2, 0) is 26.6 Å². The molecule has 0 atom stereocenters. The summed E-state index contributed by atoms with van der Waals surface area (Å²) in [5, 5.41) is 0. The highest BCUT2D eigenvalue weighted by molar-refractivity contribution is 6.06. The number of fused-ring (bicyclic) bond motifs is 2. The molecule has 2 aliphatic heterocycles. The zero-order valence-corrected chi connectivity index (χ0v) is 15.2. The van der Waals surface area contributed by atoms with Crippen molar-refractivity contribution in [2.75, 3.05) is 24.7 Å². The Labute approximate surface area is 153 Å². The summed E-state index contributed by atoms with van der Waals surface area (Å²) in [5.74, 6) is -0.600. The van der Waals surface area contributed by atoms with Gasteiger partial charge in [-0.05, 0) is 43.5 Å². The summed E-state index contributed by atoms with van der Waals surface area (Å²) in [6.45, 7) is 6.12. The van der Waals surface area contributed by atoms with Gasteiger partial charge in [0.2, 0.25) is 0 Å². The first-order chi connectivity index (χ1) is 12.7. The molecule has 2 aromatic carbocycles. The van der Waals surface area contributed by atoms with Crippen molar-refractivity contribution < 1.29 is 19.0 Å². The minimum Gasteiger partial charge on any atom is -0.494 e. The van der Waals surface area contributed by atoms with E-state index >= 15 is 0 Å². The highest BCUT2D eigenvalue weighted by Gasteiger charge is 2.55. The fourth-order valence-corrected chi connectivity index (χ4v) is 3.68. The summed E-state index contributed by atoms with van der Waals surface area (Å²) in [4.78, 5) is 15.1. The Bertz CT molecular complexity index is 809. The molecule has 1 saturated heterocycles. The predicted octanol–water partition coefficient (Wildman–Crippen LogP) is 3.53. The van der Waals surface area contributed by atoms with Crippen LogP contribution in [0.3, 0.4) is 0 Å². The number of para-hydroxylation sites is 1. The lowest BCUT2D eigenvalue weighted by Gasteiger charge is -2.32. The quantitative estimate of drug-likeness (QED) is 0.844. The second-order valence-corrected chi connectivity index (χ2v) is 6.61. The summed E-state index contributed by atoms with van der Waals surface area (Å²) in [6.07, 6.45) is 0.801. The van der Waals surface area contributed by atoms with E-state index in [1.807, 2.05) is 56.3 Å². The molecule has 1 spiro atoms. The molecule has 0 N–H and O–H groups in total. The van der Waals surface area contributed by atoms with Gasteiger partial charge in [0.25, 0.3) is 11.7 Å². The first-order valence-electron chi connectivity index (χ1n) is 9.07. The molecule has 5 heteroatoms. The third-order valence-electron chi connectivity index (χ3n) is 4.86. The molecule has 5 nitrogen and oxygen atoms in total. The van der Waals surface area contributed by atoms with Gasteiger partial charge in [0.1, 0.15) is 5.75 Å². The molecule has 0 aromatic heterocycles. The second kappa shape index (κ2) is 6.74. The molecule has 2 heterocycles. The number of amides is 1. The van der Waals surface area contributed by atoms with Gasteiger partial charge >= 0.3 is 0 Å². The Balaban J connectivity index is 1.69. The molecule has 0 aliphatic carbocycles. The van der Waals surface area contributed by atoms with Crippen molar-refractivity contribution in [1.29, 1.82) is 0 Å². The Morgan fingerprint density at radius 2 is 1.85 bits per heavy atom. The molecule has 26 heavy (non-hydrogen) atoms. The SMILES string of the molecule is CCOc1ccc(CN2C(=O)C3(OCCCO3)c3cccc(C)c32)cc1. The highest BCUT2D eigenvalue weighted by atomic mass is 16.7. The van der Waals surface area contributed by atoms with Crippen LogP contribution < -0.4 is 9.64 Å². The first-order valence-corrected chi connectivity index (χ1v) is 9.07. The van der Waals surface area contributed by atoms with Crippen LogP contribution in [0.1, 0.15) is 30.0 Å². The van der Waals surface area contributed by atoms with Gasteiger partial charge in [0, 0.05) is 5.56 Å². The number of hydrogen-bond acceptors (Lipinski definition) is 4. The van der Waals surface area contributed by atoms with E-state index in [-0.39, 0.29) is 5.91 Å². The Hall–Kier alpha value is -2.37. The van der Waals surface area contributed by atoms with Gasteiger partial charge in [-0.2, -0.15) is 0 Å². The standard InChI is InChI=1S/C21H23NO4/c1-3-24-17-10-8-16(9-11-17)14-22-19-15(2)6-4-7-18(19)21(20(22)23)25-12-5-13-26-21/h4,6-11H,3,5,12-14H2,1-2H3. The molecule has 2 aliphatic rings. The van der Waals surface area contributed by atoms with Gasteiger partial charge < -0.3 is 19.1 Å². The van der Waals surface area contributed by atoms with Crippen molar-refractivity contribution in [3.8, 4) is 5.75 Å². The largest absolute Gasteiger partial charge is 0.494 e. The van der Waals surface area contributed by atoms with E-state index in [1.54, 1.807) is 4.90 Å². The van der Waals surface area contributed by atoms with Crippen LogP contribution >= 0.6 is 0 Å². The summed E-state index contributed by atoms with van der Waals surface area (Å²) >= 11 is 0. The molecular formula is C21H23NO4. The topological polar surface area (TPSA) is 48.0 Å². The highest BCUT2D eigenvalue weighted by Crippen LogP contribution is 2.47. The summed E-state index contributed by atoms with van der Waals surface area (Å²) in [5.41, 5.74) is 3.78. The van der Waals surface area contributed by atoms with E-state index in [0.29, 0.717) is 26.4 Å². The maximum Gasteiger partial charge on any atom is 0.292 e. The van der Waals surface area contributed by atoms with Crippen LogP contribution in [0.25, 0.3) is 0 Å². The van der Waals surface area contributed by atoms with Gasteiger partial charge in [-0.25, -0.2) is 0 Å². The number of hydrogen-bond donors (Lipinski definition) is 0. The number of carbonyl (C=O) groups excluding carboxylic acids is 1. The van der Waals surface area contributed by atoms with E-state index in [0.717, 1.165) is 34.5 Å². The molecule has 0 radical (unpaired) electrons. The van der Waals surface area contributed by atoms with Crippen molar-refractivity contribution in [2.45, 2.75) is 32.6 Å². The normalized spacial score (nSPS) is 18.2. The number of benzene rings is 2. The zero-order chi connectivity index (χ0) is 18.1. The molecule has 0 saturated carbocycles. The maximum atomic E-state index is 13.3. The van der Waals surface area contributed by atoms with Crippen LogP contribution in [0.5, 0.6) is 5.75 Å². The lowest BCUT2D eigenvalue weighted by molar-refractivity contribution is -0.256. The number of ether oxygens (including phenoxy) is 3. The van der Waals surface area contributed by atoms with E-state index in [9.17, 15) is 4.79 Å². The van der Waals surface area contributed by atoms with Gasteiger partial charge in [-0.15, -0.1) is 0 Å². The van der Waals surface area contributed by atoms with E-state index in [1.165, 1.54) is 0 Å². The van der Waals surface area contributed by atoms with E-state index in [4.69, 9.17) is 14.2 Å². The molecule has 136 valence electrons. The van der Waals surface area contributed by atoms with Crippen LogP contribution in [-0.4, -0.2) is 25.7 Å². The second-order valence-electron chi connectivity index (χ2n) is 6.61. The third kappa shape index (κ3) is 2.68. The Morgan fingerprint density at radius 3 is 2.54 bits per heavy atom. The lowest BCUT2D eigenvalue weighted by atomic mass is 10.0. The number of anilines is 1. The molecule has 0 unspecified atom stereocenters. The molecule has 1 amide bonds. The van der Waals surface area contributed by atoms with Gasteiger partial charge in [0.15, 0.2) is 0 Å². The Morgan fingerprint density at radius 1 is 1.12 bits per heavy atom. The fourth-order valence-electron chi connectivity index (χ4n) is 3.68. The van der Waals surface area contributed by atoms with E-state index < -0.39 is 5.79 Å². The average Bonchev–Trinajstić information content (AvgIpc) is 2.88. The zero-order valence-electron chi connectivity index (χ0n) is 15.2. The first kappa shape index (κ1) is 17.1. The van der Waals surface area contributed by atoms with Crippen molar-refractivity contribution in [2.24, 2.45) is 0 Å². The summed E-state index contributed by atoms with van der Waals surface area (Å²) in [6, 6.07) is 13.7.